The number of fused-ring (bicyclic) bond motifs is 8. The van der Waals surface area contributed by atoms with E-state index in [2.05, 4.69) is 274 Å². The van der Waals surface area contributed by atoms with E-state index in [1.807, 2.05) is 0 Å². The first-order chi connectivity index (χ1) is 32.8. The van der Waals surface area contributed by atoms with Gasteiger partial charge in [-0.1, -0.05) is 163 Å². The Morgan fingerprint density at radius 1 is 0.333 bits per heavy atom. The van der Waals surface area contributed by atoms with Gasteiger partial charge in [0.1, 0.15) is 0 Å². The SMILES string of the molecule is c1ccc(N2B(c3ccc(N(c4ccccc4)c4ccccc4)cc3)c3cc4c5c(c3-c3ccccc32)N(c2ccccc2)c2ccccc2B5c2ccccc2N4c2ccccc2)cc1. The van der Waals surface area contributed by atoms with Crippen molar-refractivity contribution in [3.8, 4) is 11.1 Å². The average Bonchev–Trinajstić information content (AvgIpc) is 3.39. The van der Waals surface area contributed by atoms with E-state index < -0.39 is 0 Å². The summed E-state index contributed by atoms with van der Waals surface area (Å²) in [5, 5.41) is 0. The molecule has 13 rings (SSSR count). The Bertz CT molecular complexity index is 3340. The van der Waals surface area contributed by atoms with Gasteiger partial charge in [-0.2, -0.15) is 0 Å². The molecular weight excluding hydrogens is 798 g/mol. The Kier molecular flexibility index (Phi) is 9.02. The Morgan fingerprint density at radius 2 is 0.773 bits per heavy atom. The quantitative estimate of drug-likeness (QED) is 0.148. The summed E-state index contributed by atoms with van der Waals surface area (Å²) in [6.45, 7) is -0.190. The third kappa shape index (κ3) is 5.95. The second kappa shape index (κ2) is 15.7. The summed E-state index contributed by atoms with van der Waals surface area (Å²) in [6.07, 6.45) is 0. The van der Waals surface area contributed by atoms with Gasteiger partial charge in [-0.15, -0.1) is 0 Å². The molecule has 0 bridgehead atoms. The minimum absolute atomic E-state index is 0.00614. The molecule has 0 aromatic heterocycles. The van der Waals surface area contributed by atoms with E-state index in [9.17, 15) is 0 Å². The van der Waals surface area contributed by atoms with Crippen molar-refractivity contribution in [2.75, 3.05) is 19.5 Å². The van der Waals surface area contributed by atoms with Gasteiger partial charge < -0.3 is 19.5 Å². The van der Waals surface area contributed by atoms with Crippen LogP contribution in [-0.4, -0.2) is 13.6 Å². The second-order valence-corrected chi connectivity index (χ2v) is 17.2. The maximum atomic E-state index is 2.57. The van der Waals surface area contributed by atoms with Crippen molar-refractivity contribution in [1.82, 2.24) is 0 Å². The predicted molar refractivity (Wildman–Crippen MR) is 281 cm³/mol. The molecule has 0 saturated carbocycles. The average molecular weight is 841 g/mol. The third-order valence-electron chi connectivity index (χ3n) is 13.6. The van der Waals surface area contributed by atoms with Gasteiger partial charge in [0.05, 0.1) is 5.69 Å². The van der Waals surface area contributed by atoms with Gasteiger partial charge >= 0.3 is 6.85 Å². The second-order valence-electron chi connectivity index (χ2n) is 17.2. The van der Waals surface area contributed by atoms with Crippen LogP contribution in [-0.2, 0) is 0 Å². The molecule has 0 fully saturated rings. The molecule has 0 atom stereocenters. The zero-order chi connectivity index (χ0) is 43.6. The molecule has 0 unspecified atom stereocenters. The van der Waals surface area contributed by atoms with E-state index in [4.69, 9.17) is 0 Å². The highest BCUT2D eigenvalue weighted by atomic mass is 15.2. The number of hydrogen-bond donors (Lipinski definition) is 0. The van der Waals surface area contributed by atoms with Crippen LogP contribution < -0.4 is 46.8 Å². The summed E-state index contributed by atoms with van der Waals surface area (Å²) in [7, 11) is 0. The lowest BCUT2D eigenvalue weighted by Crippen LogP contribution is -2.64. The van der Waals surface area contributed by atoms with Crippen molar-refractivity contribution in [3.63, 3.8) is 0 Å². The highest BCUT2D eigenvalue weighted by Gasteiger charge is 2.48. The fraction of sp³-hybridized carbons (Fsp3) is 0. The Morgan fingerprint density at radius 3 is 1.35 bits per heavy atom. The van der Waals surface area contributed by atoms with E-state index in [1.165, 1.54) is 66.9 Å². The molecule has 0 N–H and O–H groups in total. The van der Waals surface area contributed by atoms with Gasteiger partial charge in [-0.25, -0.2) is 0 Å². The normalized spacial score (nSPS) is 13.0. The molecule has 0 amide bonds. The summed E-state index contributed by atoms with van der Waals surface area (Å²) in [6, 6.07) is 93.3. The number of hydrogen-bond acceptors (Lipinski definition) is 4. The van der Waals surface area contributed by atoms with E-state index in [-0.39, 0.29) is 13.6 Å². The number of anilines is 11. The minimum Gasteiger partial charge on any atom is -0.376 e. The molecule has 3 aliphatic rings. The van der Waals surface area contributed by atoms with Crippen molar-refractivity contribution < 1.29 is 0 Å². The van der Waals surface area contributed by atoms with Gasteiger partial charge in [-0.05, 0) is 119 Å². The first-order valence-electron chi connectivity index (χ1n) is 22.8. The van der Waals surface area contributed by atoms with Gasteiger partial charge in [0, 0.05) is 68.0 Å². The van der Waals surface area contributed by atoms with Crippen molar-refractivity contribution >= 4 is 103 Å². The van der Waals surface area contributed by atoms with Crippen LogP contribution in [0.4, 0.5) is 62.6 Å². The third-order valence-corrected chi connectivity index (χ3v) is 13.6. The summed E-state index contributed by atoms with van der Waals surface area (Å²) in [5.74, 6) is 0. The first kappa shape index (κ1) is 38.0. The van der Waals surface area contributed by atoms with Gasteiger partial charge in [0.15, 0.2) is 0 Å². The van der Waals surface area contributed by atoms with E-state index in [0.29, 0.717) is 0 Å². The number of rotatable bonds is 7. The largest absolute Gasteiger partial charge is 0.376 e. The molecule has 10 aromatic rings. The smallest absolute Gasteiger partial charge is 0.328 e. The summed E-state index contributed by atoms with van der Waals surface area (Å²) < 4.78 is 0. The number of para-hydroxylation sites is 8. The zero-order valence-electron chi connectivity index (χ0n) is 36.2. The van der Waals surface area contributed by atoms with Crippen LogP contribution in [0.5, 0.6) is 0 Å². The van der Waals surface area contributed by atoms with E-state index in [1.54, 1.807) is 0 Å². The van der Waals surface area contributed by atoms with Crippen molar-refractivity contribution in [2.24, 2.45) is 0 Å². The first-order valence-corrected chi connectivity index (χ1v) is 22.8. The fourth-order valence-electron chi connectivity index (χ4n) is 11.0. The molecular formula is C60H42B2N4. The molecule has 0 saturated heterocycles. The lowest BCUT2D eigenvalue weighted by Gasteiger charge is -2.48. The predicted octanol–water partition coefficient (Wildman–Crippen LogP) is 12.2. The monoisotopic (exact) mass is 840 g/mol. The summed E-state index contributed by atoms with van der Waals surface area (Å²) in [4.78, 5) is 10.00. The Labute approximate surface area is 387 Å². The zero-order valence-corrected chi connectivity index (χ0v) is 36.2. The highest BCUT2D eigenvalue weighted by molar-refractivity contribution is 7.01. The van der Waals surface area contributed by atoms with Crippen LogP contribution in [0.15, 0.2) is 255 Å². The van der Waals surface area contributed by atoms with Gasteiger partial charge in [0.2, 0.25) is 0 Å². The molecule has 10 aromatic carbocycles. The van der Waals surface area contributed by atoms with E-state index in [0.717, 1.165) is 34.1 Å². The Hall–Kier alpha value is -8.47. The summed E-state index contributed by atoms with van der Waals surface area (Å²) >= 11 is 0. The number of nitrogens with zero attached hydrogens (tertiary/aromatic N) is 4. The van der Waals surface area contributed by atoms with Crippen LogP contribution in [0.3, 0.4) is 0 Å². The lowest BCUT2D eigenvalue weighted by molar-refractivity contribution is 1.25. The van der Waals surface area contributed by atoms with Crippen LogP contribution in [0, 0.1) is 0 Å². The molecule has 4 nitrogen and oxygen atoms in total. The van der Waals surface area contributed by atoms with Gasteiger partial charge in [0.25, 0.3) is 6.71 Å². The van der Waals surface area contributed by atoms with Crippen LogP contribution >= 0.6 is 0 Å². The maximum Gasteiger partial charge on any atom is 0.328 e. The molecule has 0 spiro atoms. The molecule has 6 heteroatoms. The topological polar surface area (TPSA) is 13.0 Å². The fourth-order valence-corrected chi connectivity index (χ4v) is 11.0. The van der Waals surface area contributed by atoms with Crippen LogP contribution in [0.2, 0.25) is 0 Å². The Balaban J connectivity index is 1.13. The molecule has 3 aliphatic heterocycles. The lowest BCUT2D eigenvalue weighted by atomic mass is 9.32. The van der Waals surface area contributed by atoms with Crippen molar-refractivity contribution in [2.45, 2.75) is 0 Å². The molecule has 66 heavy (non-hydrogen) atoms. The highest BCUT2D eigenvalue weighted by Crippen LogP contribution is 2.51. The standard InChI is InChI=1S/C60H42B2N4/c1-6-22-44(23-7-1)63(45-24-8-2-9-25-45)48-40-38-43(39-41-48)62-53-42-57-59-60(58(53)50-32-16-19-35-54(50)66(62)49-30-14-5-15-31-49)65(47-28-12-4-13-29-47)56-37-21-18-34-52(56)61(59)51-33-17-20-36-55(51)64(57)46-26-10-3-11-27-46/h1-42H. The molecule has 0 radical (unpaired) electrons. The molecule has 3 heterocycles. The van der Waals surface area contributed by atoms with Crippen LogP contribution in [0.1, 0.15) is 0 Å². The van der Waals surface area contributed by atoms with Gasteiger partial charge in [-0.3, -0.25) is 0 Å². The maximum absolute atomic E-state index is 2.57. The number of benzene rings is 10. The minimum atomic E-state index is -0.196. The molecule has 308 valence electrons. The van der Waals surface area contributed by atoms with Crippen molar-refractivity contribution in [3.05, 3.63) is 255 Å². The van der Waals surface area contributed by atoms with E-state index >= 15 is 0 Å². The summed E-state index contributed by atoms with van der Waals surface area (Å²) in [5.41, 5.74) is 21.6. The van der Waals surface area contributed by atoms with Crippen LogP contribution in [0.25, 0.3) is 11.1 Å². The van der Waals surface area contributed by atoms with Crippen molar-refractivity contribution in [1.29, 1.82) is 0 Å². The molecule has 0 aliphatic carbocycles.